The highest BCUT2D eigenvalue weighted by Gasteiger charge is 2.03. The molecular weight excluding hydrogens is 158 g/mol. The van der Waals surface area contributed by atoms with Crippen LogP contribution in [0, 0.1) is 0 Å². The number of hydrogen-bond donors (Lipinski definition) is 0. The van der Waals surface area contributed by atoms with Gasteiger partial charge in [0.05, 0.1) is 0 Å². The van der Waals surface area contributed by atoms with Crippen LogP contribution in [0.5, 0.6) is 0 Å². The maximum atomic E-state index is 4.13. The minimum absolute atomic E-state index is 1.20. The van der Waals surface area contributed by atoms with E-state index in [0.717, 1.165) is 0 Å². The van der Waals surface area contributed by atoms with Gasteiger partial charge in [-0.25, -0.2) is 0 Å². The van der Waals surface area contributed by atoms with E-state index in [-0.39, 0.29) is 0 Å². The zero-order valence-electron chi connectivity index (χ0n) is 9.02. The van der Waals surface area contributed by atoms with Gasteiger partial charge in [-0.2, -0.15) is 0 Å². The molecule has 1 heteroatoms. The SMILES string of the molecule is C=C1CCCCCCCCCN1C. The molecule has 1 saturated heterocycles. The standard InChI is InChI=1S/C12H23N/c1-12-10-8-6-4-3-5-7-9-11-13(12)2/h1,3-11H2,2H3. The first-order valence-corrected chi connectivity index (χ1v) is 5.69. The minimum Gasteiger partial charge on any atom is -0.378 e. The second-order valence-electron chi connectivity index (χ2n) is 4.21. The summed E-state index contributed by atoms with van der Waals surface area (Å²) in [5.41, 5.74) is 1.34. The Hall–Kier alpha value is -0.460. The fourth-order valence-electron chi connectivity index (χ4n) is 1.91. The van der Waals surface area contributed by atoms with Gasteiger partial charge in [-0.05, 0) is 19.3 Å². The zero-order valence-corrected chi connectivity index (χ0v) is 9.02. The Bertz CT molecular complexity index is 151. The van der Waals surface area contributed by atoms with Crippen LogP contribution < -0.4 is 0 Å². The van der Waals surface area contributed by atoms with Crippen LogP contribution in [-0.4, -0.2) is 18.5 Å². The largest absolute Gasteiger partial charge is 0.378 e. The van der Waals surface area contributed by atoms with Crippen LogP contribution in [0.15, 0.2) is 12.3 Å². The molecule has 0 unspecified atom stereocenters. The Kier molecular flexibility index (Phi) is 4.95. The molecule has 0 amide bonds. The van der Waals surface area contributed by atoms with Gasteiger partial charge in [0.2, 0.25) is 0 Å². The molecule has 1 aliphatic rings. The molecule has 0 aliphatic carbocycles. The van der Waals surface area contributed by atoms with Crippen molar-refractivity contribution < 1.29 is 0 Å². The lowest BCUT2D eigenvalue weighted by Crippen LogP contribution is -2.18. The summed E-state index contributed by atoms with van der Waals surface area (Å²) < 4.78 is 0. The molecule has 0 atom stereocenters. The highest BCUT2D eigenvalue weighted by atomic mass is 15.1. The first-order valence-electron chi connectivity index (χ1n) is 5.69. The summed E-state index contributed by atoms with van der Waals surface area (Å²) in [6.07, 6.45) is 11.0. The predicted octanol–water partition coefficient (Wildman–Crippen LogP) is 3.57. The molecule has 0 saturated carbocycles. The van der Waals surface area contributed by atoms with Gasteiger partial charge in [0, 0.05) is 19.3 Å². The summed E-state index contributed by atoms with van der Waals surface area (Å²) in [7, 11) is 2.18. The number of hydrogen-bond acceptors (Lipinski definition) is 1. The smallest absolute Gasteiger partial charge is 0.0171 e. The van der Waals surface area contributed by atoms with Crippen molar-refractivity contribution in [2.45, 2.75) is 51.4 Å². The van der Waals surface area contributed by atoms with Gasteiger partial charge in [0.15, 0.2) is 0 Å². The molecule has 1 fully saturated rings. The van der Waals surface area contributed by atoms with Gasteiger partial charge in [-0.15, -0.1) is 0 Å². The number of allylic oxidation sites excluding steroid dienone is 1. The second kappa shape index (κ2) is 6.06. The Balaban J connectivity index is 2.31. The van der Waals surface area contributed by atoms with E-state index in [1.165, 1.54) is 63.6 Å². The van der Waals surface area contributed by atoms with Gasteiger partial charge >= 0.3 is 0 Å². The summed E-state index contributed by atoms with van der Waals surface area (Å²) in [6, 6.07) is 0. The van der Waals surface area contributed by atoms with Crippen LogP contribution in [-0.2, 0) is 0 Å². The lowest BCUT2D eigenvalue weighted by atomic mass is 10.1. The van der Waals surface area contributed by atoms with Crippen molar-refractivity contribution in [3.05, 3.63) is 12.3 Å². The van der Waals surface area contributed by atoms with Crippen LogP contribution in [0.2, 0.25) is 0 Å². The van der Waals surface area contributed by atoms with Crippen molar-refractivity contribution >= 4 is 0 Å². The lowest BCUT2D eigenvalue weighted by molar-refractivity contribution is 0.387. The van der Waals surface area contributed by atoms with Crippen LogP contribution >= 0.6 is 0 Å². The van der Waals surface area contributed by atoms with Gasteiger partial charge in [0.25, 0.3) is 0 Å². The Morgan fingerprint density at radius 3 is 2.15 bits per heavy atom. The van der Waals surface area contributed by atoms with Crippen molar-refractivity contribution in [1.29, 1.82) is 0 Å². The predicted molar refractivity (Wildman–Crippen MR) is 58.7 cm³/mol. The van der Waals surface area contributed by atoms with E-state index in [9.17, 15) is 0 Å². The second-order valence-corrected chi connectivity index (χ2v) is 4.21. The van der Waals surface area contributed by atoms with Gasteiger partial charge < -0.3 is 4.90 Å². The molecule has 0 N–H and O–H groups in total. The average Bonchev–Trinajstić information content (AvgIpc) is 2.16. The van der Waals surface area contributed by atoms with Crippen LogP contribution in [0.1, 0.15) is 51.4 Å². The maximum Gasteiger partial charge on any atom is 0.0171 e. The van der Waals surface area contributed by atoms with E-state index in [4.69, 9.17) is 0 Å². The molecule has 1 nitrogen and oxygen atoms in total. The molecule has 0 aromatic heterocycles. The summed E-state index contributed by atoms with van der Waals surface area (Å²) >= 11 is 0. The zero-order chi connectivity index (χ0) is 9.52. The topological polar surface area (TPSA) is 3.24 Å². The molecule has 1 heterocycles. The molecule has 76 valence electrons. The molecule has 0 radical (unpaired) electrons. The van der Waals surface area contributed by atoms with E-state index in [2.05, 4.69) is 18.5 Å². The molecule has 0 aromatic rings. The van der Waals surface area contributed by atoms with Crippen LogP contribution in [0.25, 0.3) is 0 Å². The Morgan fingerprint density at radius 2 is 1.46 bits per heavy atom. The van der Waals surface area contributed by atoms with E-state index in [1.807, 2.05) is 0 Å². The Morgan fingerprint density at radius 1 is 0.923 bits per heavy atom. The monoisotopic (exact) mass is 181 g/mol. The van der Waals surface area contributed by atoms with Crippen molar-refractivity contribution in [3.63, 3.8) is 0 Å². The van der Waals surface area contributed by atoms with E-state index in [1.54, 1.807) is 0 Å². The normalized spacial score (nSPS) is 22.5. The Labute approximate surface area is 82.8 Å². The van der Waals surface area contributed by atoms with Gasteiger partial charge in [-0.3, -0.25) is 0 Å². The highest BCUT2D eigenvalue weighted by molar-refractivity contribution is 4.91. The van der Waals surface area contributed by atoms with E-state index < -0.39 is 0 Å². The molecule has 0 spiro atoms. The van der Waals surface area contributed by atoms with E-state index >= 15 is 0 Å². The van der Waals surface area contributed by atoms with Crippen molar-refractivity contribution in [2.24, 2.45) is 0 Å². The van der Waals surface area contributed by atoms with Crippen molar-refractivity contribution in [1.82, 2.24) is 4.90 Å². The summed E-state index contributed by atoms with van der Waals surface area (Å²) in [6.45, 7) is 5.33. The molecule has 0 bridgehead atoms. The fourth-order valence-corrected chi connectivity index (χ4v) is 1.91. The summed E-state index contributed by atoms with van der Waals surface area (Å²) in [5, 5.41) is 0. The average molecular weight is 181 g/mol. The molecule has 13 heavy (non-hydrogen) atoms. The first kappa shape index (κ1) is 10.6. The third-order valence-corrected chi connectivity index (χ3v) is 3.00. The molecule has 0 aromatic carbocycles. The lowest BCUT2D eigenvalue weighted by Gasteiger charge is -2.21. The molecular formula is C12H23N. The number of nitrogens with zero attached hydrogens (tertiary/aromatic N) is 1. The van der Waals surface area contributed by atoms with Crippen LogP contribution in [0.4, 0.5) is 0 Å². The summed E-state index contributed by atoms with van der Waals surface area (Å²) in [5.74, 6) is 0. The van der Waals surface area contributed by atoms with E-state index in [0.29, 0.717) is 0 Å². The van der Waals surface area contributed by atoms with Gasteiger partial charge in [0.1, 0.15) is 0 Å². The quantitative estimate of drug-likeness (QED) is 0.552. The third kappa shape index (κ3) is 4.35. The highest BCUT2D eigenvalue weighted by Crippen LogP contribution is 2.16. The minimum atomic E-state index is 1.20. The molecule has 1 rings (SSSR count). The third-order valence-electron chi connectivity index (χ3n) is 3.00. The van der Waals surface area contributed by atoms with Gasteiger partial charge in [-0.1, -0.05) is 38.7 Å². The maximum absolute atomic E-state index is 4.13. The first-order chi connectivity index (χ1) is 6.30. The fraction of sp³-hybridized carbons (Fsp3) is 0.833. The van der Waals surface area contributed by atoms with Crippen molar-refractivity contribution in [3.8, 4) is 0 Å². The molecule has 1 aliphatic heterocycles. The summed E-state index contributed by atoms with van der Waals surface area (Å²) in [4.78, 5) is 2.34. The van der Waals surface area contributed by atoms with Crippen molar-refractivity contribution in [2.75, 3.05) is 13.6 Å². The van der Waals surface area contributed by atoms with Crippen LogP contribution in [0.3, 0.4) is 0 Å². The number of rotatable bonds is 0.